The number of carbonyl (C=O) groups is 1. The lowest BCUT2D eigenvalue weighted by molar-refractivity contribution is 0.0863. The van der Waals surface area contributed by atoms with E-state index in [0.717, 1.165) is 11.0 Å². The zero-order valence-electron chi connectivity index (χ0n) is 11.3. The summed E-state index contributed by atoms with van der Waals surface area (Å²) in [6, 6.07) is 8.96. The number of hydrogen-bond donors (Lipinski definition) is 0. The molecule has 106 valence electrons. The first-order chi connectivity index (χ1) is 9.47. The molecule has 1 aromatic heterocycles. The van der Waals surface area contributed by atoms with Gasteiger partial charge >= 0.3 is 0 Å². The molecule has 1 aromatic carbocycles. The fourth-order valence-corrected chi connectivity index (χ4v) is 3.51. The van der Waals surface area contributed by atoms with Gasteiger partial charge in [0.25, 0.3) is 0 Å². The molecule has 0 fully saturated rings. The zero-order valence-corrected chi connectivity index (χ0v) is 14.4. The van der Waals surface area contributed by atoms with Crippen molar-refractivity contribution in [1.29, 1.82) is 0 Å². The lowest BCUT2D eigenvalue weighted by Gasteiger charge is -2.23. The first kappa shape index (κ1) is 15.7. The van der Waals surface area contributed by atoms with Gasteiger partial charge < -0.3 is 0 Å². The third-order valence-corrected chi connectivity index (χ3v) is 5.13. The third-order valence-electron chi connectivity index (χ3n) is 3.20. The Hall–Kier alpha value is -0.680. The van der Waals surface area contributed by atoms with Gasteiger partial charge in [-0.3, -0.25) is 9.69 Å². The van der Waals surface area contributed by atoms with E-state index in [1.807, 2.05) is 14.0 Å². The topological polar surface area (TPSA) is 20.3 Å². The Morgan fingerprint density at radius 2 is 2.05 bits per heavy atom. The highest BCUT2D eigenvalue weighted by Gasteiger charge is 2.20. The molecule has 20 heavy (non-hydrogen) atoms. The summed E-state index contributed by atoms with van der Waals surface area (Å²) in [5, 5.41) is 2.69. The lowest BCUT2D eigenvalue weighted by atomic mass is 10.0. The van der Waals surface area contributed by atoms with E-state index < -0.39 is 0 Å². The summed E-state index contributed by atoms with van der Waals surface area (Å²) in [5.74, 6) is 0.111. The van der Waals surface area contributed by atoms with Gasteiger partial charge in [-0.15, -0.1) is 11.3 Å². The van der Waals surface area contributed by atoms with E-state index in [1.165, 1.54) is 4.88 Å². The molecule has 0 aliphatic rings. The molecule has 0 N–H and O–H groups in total. The van der Waals surface area contributed by atoms with E-state index in [2.05, 4.69) is 32.3 Å². The van der Waals surface area contributed by atoms with Crippen molar-refractivity contribution in [3.8, 4) is 0 Å². The Labute approximate surface area is 136 Å². The van der Waals surface area contributed by atoms with E-state index in [1.54, 1.807) is 35.6 Å². The molecule has 5 heteroatoms. The molecule has 0 saturated heterocycles. The van der Waals surface area contributed by atoms with Crippen molar-refractivity contribution in [2.75, 3.05) is 7.05 Å². The Morgan fingerprint density at radius 1 is 1.40 bits per heavy atom. The van der Waals surface area contributed by atoms with Crippen LogP contribution < -0.4 is 0 Å². The van der Waals surface area contributed by atoms with Gasteiger partial charge in [0.1, 0.15) is 0 Å². The van der Waals surface area contributed by atoms with Gasteiger partial charge in [-0.1, -0.05) is 11.6 Å². The molecular weight excluding hydrogens is 358 g/mol. The molecule has 0 amide bonds. The van der Waals surface area contributed by atoms with Crippen LogP contribution in [0.3, 0.4) is 0 Å². The van der Waals surface area contributed by atoms with Crippen LogP contribution in [0.2, 0.25) is 5.02 Å². The number of ketones is 1. The van der Waals surface area contributed by atoms with Gasteiger partial charge in [-0.2, -0.15) is 0 Å². The maximum absolute atomic E-state index is 12.4. The Balaban J connectivity index is 2.04. The van der Waals surface area contributed by atoms with Crippen LogP contribution in [0, 0.1) is 0 Å². The smallest absolute Gasteiger partial charge is 0.179 e. The van der Waals surface area contributed by atoms with Crippen LogP contribution in [-0.4, -0.2) is 23.8 Å². The molecule has 0 saturated carbocycles. The molecule has 1 unspecified atom stereocenters. The summed E-state index contributed by atoms with van der Waals surface area (Å²) in [7, 11) is 1.96. The number of halogens is 2. The molecule has 0 bridgehead atoms. The van der Waals surface area contributed by atoms with Crippen LogP contribution in [0.25, 0.3) is 0 Å². The number of rotatable bonds is 5. The van der Waals surface area contributed by atoms with Crippen molar-refractivity contribution in [1.82, 2.24) is 4.90 Å². The van der Waals surface area contributed by atoms with Crippen molar-refractivity contribution in [3.05, 3.63) is 55.6 Å². The van der Waals surface area contributed by atoms with Gasteiger partial charge in [-0.05, 0) is 60.2 Å². The summed E-state index contributed by atoms with van der Waals surface area (Å²) in [6.45, 7) is 2.69. The summed E-state index contributed by atoms with van der Waals surface area (Å²) in [6.07, 6.45) is 0. The highest BCUT2D eigenvalue weighted by Crippen LogP contribution is 2.22. The fraction of sp³-hybridized carbons (Fsp3) is 0.267. The number of thiophene rings is 1. The van der Waals surface area contributed by atoms with E-state index in [9.17, 15) is 4.79 Å². The number of carbonyl (C=O) groups excluding carboxylic acids is 1. The minimum atomic E-state index is -0.169. The summed E-state index contributed by atoms with van der Waals surface area (Å²) in [5.41, 5.74) is 0.695. The monoisotopic (exact) mass is 371 g/mol. The average Bonchev–Trinajstić information content (AvgIpc) is 2.83. The van der Waals surface area contributed by atoms with Crippen LogP contribution >= 0.6 is 38.9 Å². The first-order valence-corrected chi connectivity index (χ1v) is 8.25. The molecule has 0 radical (unpaired) electrons. The lowest BCUT2D eigenvalue weighted by Crippen LogP contribution is -2.35. The highest BCUT2D eigenvalue weighted by molar-refractivity contribution is 9.10. The normalized spacial score (nSPS) is 12.7. The number of Topliss-reactive ketones (excluding diaryl/α,β-unsaturated/α-hetero) is 1. The van der Waals surface area contributed by atoms with E-state index in [4.69, 9.17) is 11.6 Å². The molecule has 1 atom stereocenters. The number of benzene rings is 1. The molecule has 2 nitrogen and oxygen atoms in total. The van der Waals surface area contributed by atoms with Crippen molar-refractivity contribution < 1.29 is 4.79 Å². The minimum Gasteiger partial charge on any atom is -0.292 e. The van der Waals surface area contributed by atoms with Gasteiger partial charge in [0, 0.05) is 31.9 Å². The summed E-state index contributed by atoms with van der Waals surface area (Å²) >= 11 is 11.0. The average molecular weight is 373 g/mol. The van der Waals surface area contributed by atoms with Gasteiger partial charge in [0.2, 0.25) is 0 Å². The number of hydrogen-bond acceptors (Lipinski definition) is 3. The zero-order chi connectivity index (χ0) is 14.7. The standard InChI is InChI=1S/C15H15BrClNOS/c1-10(15(19)11-3-5-13(17)6-4-11)18(2)8-14-7-12(16)9-20-14/h3-7,9-10H,8H2,1-2H3. The first-order valence-electron chi connectivity index (χ1n) is 6.20. The predicted molar refractivity (Wildman–Crippen MR) is 88.7 cm³/mol. The summed E-state index contributed by atoms with van der Waals surface area (Å²) < 4.78 is 1.09. The highest BCUT2D eigenvalue weighted by atomic mass is 79.9. The SMILES string of the molecule is CC(C(=O)c1ccc(Cl)cc1)N(C)Cc1cc(Br)cs1. The predicted octanol–water partition coefficient (Wildman–Crippen LogP) is 4.87. The van der Waals surface area contributed by atoms with Crippen molar-refractivity contribution in [2.24, 2.45) is 0 Å². The second-order valence-electron chi connectivity index (χ2n) is 4.69. The maximum atomic E-state index is 12.4. The molecular formula is C15H15BrClNOS. The van der Waals surface area contributed by atoms with Gasteiger partial charge in [0.05, 0.1) is 6.04 Å². The van der Waals surface area contributed by atoms with Crippen molar-refractivity contribution >= 4 is 44.7 Å². The molecule has 2 aromatic rings. The minimum absolute atomic E-state index is 0.111. The van der Waals surface area contributed by atoms with Gasteiger partial charge in [0.15, 0.2) is 5.78 Å². The van der Waals surface area contributed by atoms with E-state index in [0.29, 0.717) is 10.6 Å². The molecule has 0 aliphatic heterocycles. The van der Waals surface area contributed by atoms with E-state index in [-0.39, 0.29) is 11.8 Å². The Morgan fingerprint density at radius 3 is 2.60 bits per heavy atom. The van der Waals surface area contributed by atoms with Crippen LogP contribution in [0.5, 0.6) is 0 Å². The van der Waals surface area contributed by atoms with E-state index >= 15 is 0 Å². The van der Waals surface area contributed by atoms with Crippen LogP contribution in [0.4, 0.5) is 0 Å². The quantitative estimate of drug-likeness (QED) is 0.698. The van der Waals surface area contributed by atoms with Crippen LogP contribution in [0.1, 0.15) is 22.2 Å². The largest absolute Gasteiger partial charge is 0.292 e. The fourth-order valence-electron chi connectivity index (χ4n) is 1.87. The second kappa shape index (κ2) is 6.85. The Bertz CT molecular complexity index is 596. The number of nitrogens with zero attached hydrogens (tertiary/aromatic N) is 1. The molecule has 1 heterocycles. The van der Waals surface area contributed by atoms with Gasteiger partial charge in [-0.25, -0.2) is 0 Å². The summed E-state index contributed by atoms with van der Waals surface area (Å²) in [4.78, 5) is 15.7. The maximum Gasteiger partial charge on any atom is 0.179 e. The van der Waals surface area contributed by atoms with Crippen molar-refractivity contribution in [3.63, 3.8) is 0 Å². The molecule has 0 spiro atoms. The number of likely N-dealkylation sites (N-methyl/N-ethyl adjacent to an activating group) is 1. The molecule has 0 aliphatic carbocycles. The molecule has 2 rings (SSSR count). The Kier molecular flexibility index (Phi) is 5.38. The van der Waals surface area contributed by atoms with Crippen LogP contribution in [0.15, 0.2) is 40.2 Å². The second-order valence-corrected chi connectivity index (χ2v) is 7.04. The van der Waals surface area contributed by atoms with Crippen LogP contribution in [-0.2, 0) is 6.54 Å². The third kappa shape index (κ3) is 3.92. The van der Waals surface area contributed by atoms with Crippen molar-refractivity contribution in [2.45, 2.75) is 19.5 Å².